The zero-order chi connectivity index (χ0) is 28.3. The Labute approximate surface area is 219 Å². The van der Waals surface area contributed by atoms with Crippen molar-refractivity contribution in [1.82, 2.24) is 0 Å². The highest BCUT2D eigenvalue weighted by Crippen LogP contribution is 2.27. The van der Waals surface area contributed by atoms with Crippen LogP contribution in [0.3, 0.4) is 0 Å². The molecule has 36 heavy (non-hydrogen) atoms. The van der Waals surface area contributed by atoms with E-state index in [0.29, 0.717) is 0 Å². The van der Waals surface area contributed by atoms with E-state index >= 15 is 0 Å². The fraction of sp³-hybridized carbons (Fsp3) is 0.333. The largest absolute Gasteiger partial charge is 0.387 e. The molecule has 2 rings (SSSR count). The van der Waals surface area contributed by atoms with E-state index < -0.39 is 63.4 Å². The average molecular weight is 628 g/mol. The number of aliphatic hydroxyl groups excluding tert-OH is 2. The molecule has 0 aromatic heterocycles. The number of aliphatic hydroxyl groups is 2. The fourth-order valence-corrected chi connectivity index (χ4v) is 6.49. The second-order valence-electron chi connectivity index (χ2n) is 7.60. The lowest BCUT2D eigenvalue weighted by atomic mass is 10.1. The van der Waals surface area contributed by atoms with E-state index in [1.165, 1.54) is 24.3 Å². The van der Waals surface area contributed by atoms with E-state index in [9.17, 15) is 43.9 Å². The van der Waals surface area contributed by atoms with Crippen LogP contribution < -0.4 is 10.3 Å². The number of sulfone groups is 2. The van der Waals surface area contributed by atoms with Crippen LogP contribution in [0.25, 0.3) is 0 Å². The monoisotopic (exact) mass is 626 g/mol. The quantitative estimate of drug-likeness (QED) is 0.309. The molecule has 12 nitrogen and oxygen atoms in total. The van der Waals surface area contributed by atoms with Gasteiger partial charge in [0, 0.05) is 33.7 Å². The molecular weight excluding hydrogens is 603 g/mol. The van der Waals surface area contributed by atoms with Gasteiger partial charge < -0.3 is 10.2 Å². The van der Waals surface area contributed by atoms with Crippen molar-refractivity contribution in [1.29, 1.82) is 0 Å². The predicted octanol–water partition coefficient (Wildman–Crippen LogP) is 0.131. The number of sulfonamides is 2. The topological polar surface area (TPSA) is 229 Å². The van der Waals surface area contributed by atoms with Crippen molar-refractivity contribution in [2.45, 2.75) is 22.0 Å². The molecular formula is C18H24Cl2N2O10S4. The zero-order valence-corrected chi connectivity index (χ0v) is 23.5. The first-order valence-corrected chi connectivity index (χ1v) is 17.3. The van der Waals surface area contributed by atoms with Gasteiger partial charge in [-0.1, -0.05) is 35.3 Å². The summed E-state index contributed by atoms with van der Waals surface area (Å²) in [5.41, 5.74) is -0.0909. The summed E-state index contributed by atoms with van der Waals surface area (Å²) in [6.45, 7) is 0. The summed E-state index contributed by atoms with van der Waals surface area (Å²) in [4.78, 5) is -0.433. The number of rotatable bonds is 8. The summed E-state index contributed by atoms with van der Waals surface area (Å²) >= 11 is 11.3. The van der Waals surface area contributed by atoms with Crippen molar-refractivity contribution in [2.75, 3.05) is 24.0 Å². The lowest BCUT2D eigenvalue weighted by molar-refractivity contribution is 0.198. The van der Waals surface area contributed by atoms with Crippen LogP contribution >= 0.6 is 23.2 Å². The van der Waals surface area contributed by atoms with E-state index in [4.69, 9.17) is 33.5 Å². The van der Waals surface area contributed by atoms with E-state index in [2.05, 4.69) is 0 Å². The SMILES string of the molecule is CS(=O)(=O)c1cc(Cl)ccc1[C@@H](O)CS(N)(=O)=O.CS(=O)(=O)c1cc(Cl)ccc1[C@H](O)CS(N)(=O)=O. The maximum Gasteiger partial charge on any atom is 0.211 e. The van der Waals surface area contributed by atoms with Crippen LogP contribution in [-0.2, 0) is 39.7 Å². The molecule has 0 heterocycles. The maximum absolute atomic E-state index is 11.5. The van der Waals surface area contributed by atoms with Gasteiger partial charge in [0.05, 0.1) is 33.5 Å². The minimum atomic E-state index is -3.92. The Morgan fingerprint density at radius 1 is 0.667 bits per heavy atom. The summed E-state index contributed by atoms with van der Waals surface area (Å²) < 4.78 is 89.6. The smallest absolute Gasteiger partial charge is 0.211 e. The molecule has 6 N–H and O–H groups in total. The first kappa shape index (κ1) is 32.7. The van der Waals surface area contributed by atoms with Gasteiger partial charge in [0.15, 0.2) is 19.7 Å². The fourth-order valence-electron chi connectivity index (χ4n) is 2.83. The molecule has 2 aromatic carbocycles. The summed E-state index contributed by atoms with van der Waals surface area (Å²) in [6, 6.07) is 7.54. The predicted molar refractivity (Wildman–Crippen MR) is 135 cm³/mol. The van der Waals surface area contributed by atoms with Crippen LogP contribution in [-0.4, -0.2) is 67.9 Å². The van der Waals surface area contributed by atoms with Crippen LogP contribution in [0.4, 0.5) is 0 Å². The van der Waals surface area contributed by atoms with Crippen molar-refractivity contribution >= 4 is 62.9 Å². The van der Waals surface area contributed by atoms with Gasteiger partial charge >= 0.3 is 0 Å². The van der Waals surface area contributed by atoms with Crippen molar-refractivity contribution in [2.24, 2.45) is 10.3 Å². The number of hydrogen-bond donors (Lipinski definition) is 4. The first-order chi connectivity index (χ1) is 16.0. The van der Waals surface area contributed by atoms with Crippen LogP contribution in [0.15, 0.2) is 46.2 Å². The van der Waals surface area contributed by atoms with E-state index in [1.807, 2.05) is 0 Å². The number of nitrogens with two attached hydrogens (primary N) is 2. The molecule has 0 aliphatic rings. The van der Waals surface area contributed by atoms with Gasteiger partial charge in [-0.2, -0.15) is 0 Å². The van der Waals surface area contributed by atoms with E-state index in [0.717, 1.165) is 24.6 Å². The molecule has 0 saturated heterocycles. The molecule has 0 unspecified atom stereocenters. The van der Waals surface area contributed by atoms with Gasteiger partial charge in [-0.15, -0.1) is 0 Å². The second-order valence-corrected chi connectivity index (χ2v) is 15.8. The van der Waals surface area contributed by atoms with Gasteiger partial charge in [-0.25, -0.2) is 43.9 Å². The van der Waals surface area contributed by atoms with Gasteiger partial charge in [0.2, 0.25) is 20.0 Å². The molecule has 0 bridgehead atoms. The van der Waals surface area contributed by atoms with Crippen LogP contribution in [0.1, 0.15) is 23.3 Å². The van der Waals surface area contributed by atoms with Gasteiger partial charge in [0.25, 0.3) is 0 Å². The Morgan fingerprint density at radius 3 is 1.17 bits per heavy atom. The lowest BCUT2D eigenvalue weighted by Crippen LogP contribution is -2.22. The number of primary sulfonamides is 2. The Hall–Kier alpha value is -1.34. The molecule has 0 spiro atoms. The maximum atomic E-state index is 11.5. The summed E-state index contributed by atoms with van der Waals surface area (Å²) in [7, 11) is -15.1. The molecule has 0 aliphatic carbocycles. The minimum Gasteiger partial charge on any atom is -0.387 e. The second kappa shape index (κ2) is 12.0. The molecule has 0 fully saturated rings. The van der Waals surface area contributed by atoms with Crippen molar-refractivity contribution in [3.63, 3.8) is 0 Å². The van der Waals surface area contributed by atoms with Crippen LogP contribution in [0, 0.1) is 0 Å². The third-order valence-corrected chi connectivity index (χ3v) is 8.58. The number of hydrogen-bond acceptors (Lipinski definition) is 10. The molecule has 2 aromatic rings. The van der Waals surface area contributed by atoms with Crippen molar-refractivity contribution < 1.29 is 43.9 Å². The summed E-state index contributed by atoms with van der Waals surface area (Å²) in [5, 5.41) is 29.4. The first-order valence-electron chi connectivity index (χ1n) is 9.37. The van der Waals surface area contributed by atoms with Crippen LogP contribution in [0.2, 0.25) is 10.0 Å². The minimum absolute atomic E-state index is 0.0454. The summed E-state index contributed by atoms with van der Waals surface area (Å²) in [6.07, 6.45) is -1.18. The van der Waals surface area contributed by atoms with E-state index in [1.54, 1.807) is 0 Å². The number of halogens is 2. The van der Waals surface area contributed by atoms with Gasteiger partial charge in [-0.3, -0.25) is 0 Å². The van der Waals surface area contributed by atoms with E-state index in [-0.39, 0.29) is 31.0 Å². The molecule has 204 valence electrons. The molecule has 2 atom stereocenters. The van der Waals surface area contributed by atoms with Gasteiger partial charge in [-0.05, 0) is 24.3 Å². The lowest BCUT2D eigenvalue weighted by Gasteiger charge is -2.14. The highest BCUT2D eigenvalue weighted by atomic mass is 35.5. The molecule has 0 aliphatic heterocycles. The highest BCUT2D eigenvalue weighted by Gasteiger charge is 2.24. The van der Waals surface area contributed by atoms with Crippen LogP contribution in [0.5, 0.6) is 0 Å². The Morgan fingerprint density at radius 2 is 0.944 bits per heavy atom. The normalized spacial score (nSPS) is 14.4. The average Bonchev–Trinajstić information content (AvgIpc) is 2.64. The Balaban J connectivity index is 0.000000360. The molecule has 0 saturated carbocycles. The third-order valence-electron chi connectivity index (χ3n) is 4.25. The standard InChI is InChI=1S/2C9H12ClNO5S2/c2*1-17(13,14)9-4-6(10)2-3-7(9)8(12)5-18(11,15)16/h2*2-4,8,12H,5H2,1H3,(H2,11,15,16)/t2*8-/m10/s1. The third kappa shape index (κ3) is 11.0. The van der Waals surface area contributed by atoms with Crippen molar-refractivity contribution in [3.05, 3.63) is 57.6 Å². The highest BCUT2D eigenvalue weighted by molar-refractivity contribution is 7.91. The number of benzene rings is 2. The Bertz CT molecular complexity index is 1420. The Kier molecular flexibility index (Phi) is 10.9. The van der Waals surface area contributed by atoms with Gasteiger partial charge in [0.1, 0.15) is 0 Å². The van der Waals surface area contributed by atoms with Crippen molar-refractivity contribution in [3.8, 4) is 0 Å². The zero-order valence-electron chi connectivity index (χ0n) is 18.7. The molecule has 0 radical (unpaired) electrons. The molecule has 0 amide bonds. The molecule has 18 heteroatoms. The summed E-state index contributed by atoms with van der Waals surface area (Å²) in [5.74, 6) is -1.53.